The van der Waals surface area contributed by atoms with Crippen LogP contribution in [0.5, 0.6) is 28.7 Å². The van der Waals surface area contributed by atoms with E-state index in [4.69, 9.17) is 23.7 Å². The zero-order valence-electron chi connectivity index (χ0n) is 18.4. The van der Waals surface area contributed by atoms with Crippen molar-refractivity contribution in [3.8, 4) is 28.7 Å². The van der Waals surface area contributed by atoms with Gasteiger partial charge in [0.25, 0.3) is 0 Å². The summed E-state index contributed by atoms with van der Waals surface area (Å²) in [6, 6.07) is 7.03. The Kier molecular flexibility index (Phi) is 6.41. The number of allylic oxidation sites excluding steroid dienone is 1. The van der Waals surface area contributed by atoms with Crippen LogP contribution in [-0.4, -0.2) is 50.3 Å². The lowest BCUT2D eigenvalue weighted by molar-refractivity contribution is -0.0415. The fraction of sp³-hybridized carbons (Fsp3) is 0.375. The van der Waals surface area contributed by atoms with Gasteiger partial charge in [0.1, 0.15) is 0 Å². The number of hydrogen-bond acceptors (Lipinski definition) is 8. The van der Waals surface area contributed by atoms with Gasteiger partial charge in [-0.05, 0) is 60.2 Å². The number of benzene rings is 2. The molecule has 1 fully saturated rings. The predicted molar refractivity (Wildman–Crippen MR) is 118 cm³/mol. The second-order valence-electron chi connectivity index (χ2n) is 7.56. The van der Waals surface area contributed by atoms with E-state index in [1.165, 1.54) is 7.11 Å². The monoisotopic (exact) mass is 441 g/mol. The molecule has 32 heavy (non-hydrogen) atoms. The number of oxime groups is 1. The van der Waals surface area contributed by atoms with Crippen molar-refractivity contribution in [2.45, 2.75) is 32.0 Å². The summed E-state index contributed by atoms with van der Waals surface area (Å²) in [6.45, 7) is 0.657. The van der Waals surface area contributed by atoms with Crippen LogP contribution in [-0.2, 0) is 11.2 Å². The molecule has 1 heterocycles. The molecule has 4 rings (SSSR count). The summed E-state index contributed by atoms with van der Waals surface area (Å²) >= 11 is 0. The van der Waals surface area contributed by atoms with Crippen molar-refractivity contribution in [1.82, 2.24) is 0 Å². The standard InChI is InChI=1S/C24H27NO7/c1-28-20-9-6-14(11-19(20)26)17-12-15(25-27)7-8-16-18(17)13-21(29-2)24(23(16)30-3)32-22-5-4-10-31-22/h6,9,11-13,22,26-27H,4-5,7-8,10H2,1-3H3/b25-15+. The van der Waals surface area contributed by atoms with Crippen LogP contribution >= 0.6 is 0 Å². The first-order valence-corrected chi connectivity index (χ1v) is 10.5. The number of phenolic OH excluding ortho intramolecular Hbond substituents is 1. The largest absolute Gasteiger partial charge is 0.504 e. The first kappa shape index (κ1) is 21.8. The number of rotatable bonds is 6. The van der Waals surface area contributed by atoms with Gasteiger partial charge in [-0.3, -0.25) is 0 Å². The quantitative estimate of drug-likeness (QED) is 0.513. The summed E-state index contributed by atoms with van der Waals surface area (Å²) in [5.41, 5.74) is 3.71. The highest BCUT2D eigenvalue weighted by molar-refractivity contribution is 6.05. The first-order valence-electron chi connectivity index (χ1n) is 10.5. The fourth-order valence-corrected chi connectivity index (χ4v) is 4.14. The molecule has 1 saturated heterocycles. The molecule has 1 unspecified atom stereocenters. The molecule has 1 aliphatic carbocycles. The number of hydrogen-bond donors (Lipinski definition) is 2. The minimum absolute atomic E-state index is 0.0106. The minimum atomic E-state index is -0.357. The lowest BCUT2D eigenvalue weighted by atomic mass is 9.92. The van der Waals surface area contributed by atoms with Crippen molar-refractivity contribution >= 4 is 11.3 Å². The third-order valence-corrected chi connectivity index (χ3v) is 5.72. The molecule has 0 aromatic heterocycles. The number of fused-ring (bicyclic) bond motifs is 1. The van der Waals surface area contributed by atoms with Crippen molar-refractivity contribution in [1.29, 1.82) is 0 Å². The Balaban J connectivity index is 1.89. The maximum absolute atomic E-state index is 10.4. The van der Waals surface area contributed by atoms with Crippen molar-refractivity contribution < 1.29 is 34.0 Å². The van der Waals surface area contributed by atoms with E-state index in [0.29, 0.717) is 48.2 Å². The van der Waals surface area contributed by atoms with Crippen LogP contribution in [0, 0.1) is 0 Å². The van der Waals surface area contributed by atoms with Crippen molar-refractivity contribution in [2.24, 2.45) is 5.16 Å². The highest BCUT2D eigenvalue weighted by Gasteiger charge is 2.29. The normalized spacial score (nSPS) is 19.2. The van der Waals surface area contributed by atoms with Gasteiger partial charge in [0.15, 0.2) is 29.3 Å². The topological polar surface area (TPSA) is 99.0 Å². The smallest absolute Gasteiger partial charge is 0.206 e. The van der Waals surface area contributed by atoms with Crippen LogP contribution < -0.4 is 18.9 Å². The molecule has 0 bridgehead atoms. The van der Waals surface area contributed by atoms with Gasteiger partial charge < -0.3 is 34.0 Å². The zero-order valence-corrected chi connectivity index (χ0v) is 18.4. The maximum Gasteiger partial charge on any atom is 0.206 e. The Morgan fingerprint density at radius 1 is 1.00 bits per heavy atom. The van der Waals surface area contributed by atoms with Crippen LogP contribution in [0.2, 0.25) is 0 Å². The van der Waals surface area contributed by atoms with Crippen LogP contribution in [0.25, 0.3) is 5.57 Å². The SMILES string of the molecule is COc1ccc(C2=C/C(=N/O)CCc3c2cc(OC)c(OC2CCCO2)c3OC)cc1O. The van der Waals surface area contributed by atoms with Crippen LogP contribution in [0.4, 0.5) is 0 Å². The number of methoxy groups -OCH3 is 3. The summed E-state index contributed by atoms with van der Waals surface area (Å²) in [6.07, 6.45) is 4.23. The molecule has 2 aromatic rings. The molecular formula is C24H27NO7. The average Bonchev–Trinajstić information content (AvgIpc) is 3.25. The molecule has 2 N–H and O–H groups in total. The molecule has 0 radical (unpaired) electrons. The predicted octanol–water partition coefficient (Wildman–Crippen LogP) is 4.14. The van der Waals surface area contributed by atoms with Crippen molar-refractivity contribution in [2.75, 3.05) is 27.9 Å². The number of aromatic hydroxyl groups is 1. The number of phenols is 1. The Labute approximate surface area is 186 Å². The first-order chi connectivity index (χ1) is 15.6. The van der Waals surface area contributed by atoms with Gasteiger partial charge in [0.2, 0.25) is 5.75 Å². The van der Waals surface area contributed by atoms with Crippen molar-refractivity contribution in [3.05, 3.63) is 47.0 Å². The Bertz CT molecular complexity index is 1050. The third-order valence-electron chi connectivity index (χ3n) is 5.72. The molecule has 1 aliphatic heterocycles. The van der Waals surface area contributed by atoms with E-state index in [0.717, 1.165) is 35.1 Å². The molecule has 8 heteroatoms. The zero-order chi connectivity index (χ0) is 22.7. The average molecular weight is 441 g/mol. The summed E-state index contributed by atoms with van der Waals surface area (Å²) in [5, 5.41) is 23.4. The van der Waals surface area contributed by atoms with E-state index in [9.17, 15) is 10.3 Å². The summed E-state index contributed by atoms with van der Waals surface area (Å²) in [7, 11) is 4.66. The Morgan fingerprint density at radius 3 is 2.44 bits per heavy atom. The molecule has 2 aromatic carbocycles. The summed E-state index contributed by atoms with van der Waals surface area (Å²) in [5.74, 6) is 1.93. The van der Waals surface area contributed by atoms with E-state index < -0.39 is 0 Å². The molecule has 170 valence electrons. The molecule has 0 amide bonds. The van der Waals surface area contributed by atoms with E-state index in [1.807, 2.05) is 12.1 Å². The van der Waals surface area contributed by atoms with Crippen LogP contribution in [0.3, 0.4) is 0 Å². The number of nitrogens with zero attached hydrogens (tertiary/aromatic N) is 1. The second-order valence-corrected chi connectivity index (χ2v) is 7.56. The van der Waals surface area contributed by atoms with Crippen LogP contribution in [0.1, 0.15) is 36.0 Å². The molecule has 2 aliphatic rings. The van der Waals surface area contributed by atoms with Gasteiger partial charge in [0, 0.05) is 12.0 Å². The summed E-state index contributed by atoms with van der Waals surface area (Å²) < 4.78 is 28.4. The lowest BCUT2D eigenvalue weighted by Crippen LogP contribution is -2.16. The van der Waals surface area contributed by atoms with Gasteiger partial charge in [-0.25, -0.2) is 0 Å². The molecule has 0 saturated carbocycles. The van der Waals surface area contributed by atoms with E-state index in [-0.39, 0.29) is 12.0 Å². The van der Waals surface area contributed by atoms with Gasteiger partial charge >= 0.3 is 0 Å². The van der Waals surface area contributed by atoms with Crippen LogP contribution in [0.15, 0.2) is 35.5 Å². The van der Waals surface area contributed by atoms with E-state index in [2.05, 4.69) is 5.16 Å². The second kappa shape index (κ2) is 9.40. The highest BCUT2D eigenvalue weighted by atomic mass is 16.7. The molecule has 1 atom stereocenters. The van der Waals surface area contributed by atoms with Gasteiger partial charge in [0.05, 0.1) is 33.6 Å². The maximum atomic E-state index is 10.4. The highest BCUT2D eigenvalue weighted by Crippen LogP contribution is 2.48. The van der Waals surface area contributed by atoms with Crippen molar-refractivity contribution in [3.63, 3.8) is 0 Å². The fourth-order valence-electron chi connectivity index (χ4n) is 4.14. The summed E-state index contributed by atoms with van der Waals surface area (Å²) in [4.78, 5) is 0. The van der Waals surface area contributed by atoms with E-state index in [1.54, 1.807) is 32.4 Å². The van der Waals surface area contributed by atoms with Gasteiger partial charge in [-0.1, -0.05) is 11.2 Å². The lowest BCUT2D eigenvalue weighted by Gasteiger charge is -2.23. The van der Waals surface area contributed by atoms with E-state index >= 15 is 0 Å². The Morgan fingerprint density at radius 2 is 1.81 bits per heavy atom. The van der Waals surface area contributed by atoms with Gasteiger partial charge in [-0.2, -0.15) is 0 Å². The Hall–Kier alpha value is -3.39. The number of ether oxygens (including phenoxy) is 5. The molecular weight excluding hydrogens is 414 g/mol. The minimum Gasteiger partial charge on any atom is -0.504 e. The molecule has 0 spiro atoms. The van der Waals surface area contributed by atoms with Gasteiger partial charge in [-0.15, -0.1) is 0 Å². The molecule has 8 nitrogen and oxygen atoms in total. The third kappa shape index (κ3) is 4.05.